The number of aliphatic hydroxyl groups excluding tert-OH is 1. The zero-order chi connectivity index (χ0) is 10.6. The summed E-state index contributed by atoms with van der Waals surface area (Å²) in [6.07, 6.45) is 1.64. The number of rotatable bonds is 4. The van der Waals surface area contributed by atoms with Crippen molar-refractivity contribution in [1.29, 1.82) is 0 Å². The molecule has 3 N–H and O–H groups in total. The summed E-state index contributed by atoms with van der Waals surface area (Å²) in [7, 11) is 0. The lowest BCUT2D eigenvalue weighted by Crippen LogP contribution is -2.37. The van der Waals surface area contributed by atoms with Crippen molar-refractivity contribution in [3.05, 3.63) is 18.1 Å². The van der Waals surface area contributed by atoms with E-state index in [1.807, 2.05) is 0 Å². The van der Waals surface area contributed by atoms with Gasteiger partial charge in [0.15, 0.2) is 0 Å². The molecule has 1 rings (SSSR count). The normalized spacial score (nSPS) is 14.9. The van der Waals surface area contributed by atoms with Gasteiger partial charge in [-0.2, -0.15) is 0 Å². The van der Waals surface area contributed by atoms with E-state index in [4.69, 9.17) is 5.11 Å². The van der Waals surface area contributed by atoms with Gasteiger partial charge in [-0.15, -0.1) is 0 Å². The Bertz CT molecular complexity index is 302. The summed E-state index contributed by atoms with van der Waals surface area (Å²) in [6, 6.07) is 1.71. The van der Waals surface area contributed by atoms with Crippen LogP contribution in [0.25, 0.3) is 0 Å². The van der Waals surface area contributed by atoms with Gasteiger partial charge in [-0.25, -0.2) is 9.97 Å². The summed E-state index contributed by atoms with van der Waals surface area (Å²) in [5, 5.41) is 21.2. The molecule has 0 amide bonds. The first-order valence-corrected chi connectivity index (χ1v) is 4.40. The zero-order valence-corrected chi connectivity index (χ0v) is 8.36. The van der Waals surface area contributed by atoms with E-state index in [0.29, 0.717) is 11.6 Å². The summed E-state index contributed by atoms with van der Waals surface area (Å²) in [5.74, 6) is 1.31. The Morgan fingerprint density at radius 2 is 2.29 bits per heavy atom. The summed E-state index contributed by atoms with van der Waals surface area (Å²) in [6.45, 7) is 3.30. The number of hydrogen-bond acceptors (Lipinski definition) is 5. The molecular weight excluding hydrogens is 182 g/mol. The van der Waals surface area contributed by atoms with Crippen molar-refractivity contribution in [2.45, 2.75) is 19.4 Å². The fraction of sp³-hybridized carbons (Fsp3) is 0.556. The van der Waals surface area contributed by atoms with E-state index in [1.165, 1.54) is 0 Å². The summed E-state index contributed by atoms with van der Waals surface area (Å²) < 4.78 is 0. The fourth-order valence-electron chi connectivity index (χ4n) is 0.892. The molecule has 5 nitrogen and oxygen atoms in total. The summed E-state index contributed by atoms with van der Waals surface area (Å²) in [5.41, 5.74) is -1.13. The van der Waals surface area contributed by atoms with Gasteiger partial charge in [0.25, 0.3) is 0 Å². The molecule has 0 aliphatic carbocycles. The molecule has 0 fully saturated rings. The molecule has 1 heterocycles. The van der Waals surface area contributed by atoms with Crippen LogP contribution in [0, 0.1) is 6.92 Å². The Kier molecular flexibility index (Phi) is 3.38. The maximum atomic E-state index is 9.50. The third-order valence-electron chi connectivity index (χ3n) is 1.77. The number of aliphatic hydroxyl groups is 2. The van der Waals surface area contributed by atoms with Crippen molar-refractivity contribution < 1.29 is 10.2 Å². The molecule has 0 radical (unpaired) electrons. The van der Waals surface area contributed by atoms with Gasteiger partial charge in [0, 0.05) is 12.7 Å². The highest BCUT2D eigenvalue weighted by molar-refractivity contribution is 5.33. The van der Waals surface area contributed by atoms with Crippen LogP contribution in [-0.2, 0) is 0 Å². The quantitative estimate of drug-likeness (QED) is 0.630. The molecule has 0 saturated carbocycles. The van der Waals surface area contributed by atoms with Crippen molar-refractivity contribution in [1.82, 2.24) is 9.97 Å². The van der Waals surface area contributed by atoms with Crippen LogP contribution in [0.2, 0.25) is 0 Å². The van der Waals surface area contributed by atoms with Gasteiger partial charge in [-0.1, -0.05) is 0 Å². The molecular formula is C9H15N3O2. The van der Waals surface area contributed by atoms with Gasteiger partial charge >= 0.3 is 0 Å². The van der Waals surface area contributed by atoms with Crippen LogP contribution >= 0.6 is 0 Å². The average Bonchev–Trinajstić information content (AvgIpc) is 2.15. The predicted octanol–water partition coefficient (Wildman–Crippen LogP) is -0.0598. The Morgan fingerprint density at radius 1 is 1.57 bits per heavy atom. The molecule has 78 valence electrons. The van der Waals surface area contributed by atoms with Crippen LogP contribution in [-0.4, -0.2) is 38.9 Å². The number of aromatic nitrogens is 2. The van der Waals surface area contributed by atoms with Crippen LogP contribution in [0.15, 0.2) is 12.3 Å². The van der Waals surface area contributed by atoms with Crippen LogP contribution < -0.4 is 5.32 Å². The second kappa shape index (κ2) is 4.34. The molecule has 0 aromatic carbocycles. The Balaban J connectivity index is 2.54. The van der Waals surface area contributed by atoms with E-state index in [-0.39, 0.29) is 13.2 Å². The molecule has 1 aromatic rings. The van der Waals surface area contributed by atoms with E-state index >= 15 is 0 Å². The first-order chi connectivity index (χ1) is 6.53. The smallest absolute Gasteiger partial charge is 0.129 e. The summed E-state index contributed by atoms with van der Waals surface area (Å²) >= 11 is 0. The Morgan fingerprint density at radius 3 is 2.86 bits per heavy atom. The van der Waals surface area contributed by atoms with Crippen LogP contribution in [0.5, 0.6) is 0 Å². The number of anilines is 1. The van der Waals surface area contributed by atoms with E-state index in [0.717, 1.165) is 0 Å². The first-order valence-electron chi connectivity index (χ1n) is 4.40. The molecule has 0 bridgehead atoms. The van der Waals surface area contributed by atoms with Gasteiger partial charge in [0.2, 0.25) is 0 Å². The molecule has 14 heavy (non-hydrogen) atoms. The SMILES string of the molecule is Cc1nccc(NCC(C)(O)CO)n1. The third kappa shape index (κ3) is 3.27. The van der Waals surface area contributed by atoms with E-state index in [1.54, 1.807) is 26.1 Å². The second-order valence-electron chi connectivity index (χ2n) is 3.50. The molecule has 0 aliphatic rings. The van der Waals surface area contributed by atoms with E-state index in [2.05, 4.69) is 15.3 Å². The van der Waals surface area contributed by atoms with Gasteiger partial charge in [0.1, 0.15) is 17.2 Å². The second-order valence-corrected chi connectivity index (χ2v) is 3.50. The van der Waals surface area contributed by atoms with Crippen molar-refractivity contribution >= 4 is 5.82 Å². The van der Waals surface area contributed by atoms with Gasteiger partial charge in [-0.05, 0) is 19.9 Å². The average molecular weight is 197 g/mol. The van der Waals surface area contributed by atoms with Crippen molar-refractivity contribution in [3.63, 3.8) is 0 Å². The molecule has 0 saturated heterocycles. The molecule has 1 aromatic heterocycles. The Labute approximate surface area is 82.8 Å². The Hall–Kier alpha value is -1.20. The zero-order valence-electron chi connectivity index (χ0n) is 8.36. The largest absolute Gasteiger partial charge is 0.393 e. The lowest BCUT2D eigenvalue weighted by Gasteiger charge is -2.20. The monoisotopic (exact) mass is 197 g/mol. The molecule has 0 aliphatic heterocycles. The van der Waals surface area contributed by atoms with E-state index < -0.39 is 5.60 Å². The number of nitrogens with one attached hydrogen (secondary N) is 1. The first kappa shape index (κ1) is 10.9. The minimum atomic E-state index is -1.13. The van der Waals surface area contributed by atoms with Crippen LogP contribution in [0.3, 0.4) is 0 Å². The van der Waals surface area contributed by atoms with Crippen molar-refractivity contribution in [2.75, 3.05) is 18.5 Å². The van der Waals surface area contributed by atoms with E-state index in [9.17, 15) is 5.11 Å². The lowest BCUT2D eigenvalue weighted by atomic mass is 10.1. The number of aryl methyl sites for hydroxylation is 1. The topological polar surface area (TPSA) is 78.3 Å². The maximum absolute atomic E-state index is 9.50. The molecule has 5 heteroatoms. The predicted molar refractivity (Wildman–Crippen MR) is 53.0 cm³/mol. The minimum absolute atomic E-state index is 0.250. The number of nitrogens with zero attached hydrogens (tertiary/aromatic N) is 2. The highest BCUT2D eigenvalue weighted by atomic mass is 16.3. The van der Waals surface area contributed by atoms with Gasteiger partial charge in [0.05, 0.1) is 6.61 Å². The molecule has 0 spiro atoms. The van der Waals surface area contributed by atoms with Crippen LogP contribution in [0.4, 0.5) is 5.82 Å². The minimum Gasteiger partial charge on any atom is -0.393 e. The maximum Gasteiger partial charge on any atom is 0.129 e. The van der Waals surface area contributed by atoms with Gasteiger partial charge < -0.3 is 15.5 Å². The van der Waals surface area contributed by atoms with Crippen molar-refractivity contribution in [3.8, 4) is 0 Å². The van der Waals surface area contributed by atoms with Crippen LogP contribution in [0.1, 0.15) is 12.7 Å². The summed E-state index contributed by atoms with van der Waals surface area (Å²) in [4.78, 5) is 8.04. The lowest BCUT2D eigenvalue weighted by molar-refractivity contribution is 0.0131. The molecule has 1 atom stereocenters. The highest BCUT2D eigenvalue weighted by Gasteiger charge is 2.18. The fourth-order valence-corrected chi connectivity index (χ4v) is 0.892. The number of hydrogen-bond donors (Lipinski definition) is 3. The highest BCUT2D eigenvalue weighted by Crippen LogP contribution is 2.05. The molecule has 1 unspecified atom stereocenters. The standard InChI is InChI=1S/C9H15N3O2/c1-7-10-4-3-8(12-7)11-5-9(2,14)6-13/h3-4,13-14H,5-6H2,1-2H3,(H,10,11,12). The van der Waals surface area contributed by atoms with Gasteiger partial charge in [-0.3, -0.25) is 0 Å². The van der Waals surface area contributed by atoms with Crippen molar-refractivity contribution in [2.24, 2.45) is 0 Å². The third-order valence-corrected chi connectivity index (χ3v) is 1.77.